The van der Waals surface area contributed by atoms with Gasteiger partial charge in [-0.05, 0) is 37.8 Å². The minimum absolute atomic E-state index is 0.139. The number of aliphatic hydroxyl groups is 5. The Hall–Kier alpha value is -0.760. The van der Waals surface area contributed by atoms with Crippen LogP contribution >= 0.6 is 0 Å². The van der Waals surface area contributed by atoms with Crippen molar-refractivity contribution < 1.29 is 30.3 Å². The van der Waals surface area contributed by atoms with Gasteiger partial charge in [-0.1, -0.05) is 31.9 Å². The van der Waals surface area contributed by atoms with E-state index in [-0.39, 0.29) is 6.42 Å². The molecule has 2 rings (SSSR count). The zero-order valence-electron chi connectivity index (χ0n) is 15.4. The monoisotopic (exact) mass is 356 g/mol. The van der Waals surface area contributed by atoms with Crippen molar-refractivity contribution in [3.05, 3.63) is 23.3 Å². The Balaban J connectivity index is 2.36. The molecule has 144 valence electrons. The van der Waals surface area contributed by atoms with Crippen molar-refractivity contribution >= 4 is 0 Å². The molecule has 2 aliphatic rings. The Morgan fingerprint density at radius 3 is 2.48 bits per heavy atom. The van der Waals surface area contributed by atoms with Gasteiger partial charge in [0.25, 0.3) is 0 Å². The second kappa shape index (κ2) is 7.86. The lowest BCUT2D eigenvalue weighted by Gasteiger charge is -2.54. The molecule has 25 heavy (non-hydrogen) atoms. The quantitative estimate of drug-likeness (QED) is 0.451. The highest BCUT2D eigenvalue weighted by molar-refractivity contribution is 5.40. The van der Waals surface area contributed by atoms with Crippen LogP contribution in [0.15, 0.2) is 23.3 Å². The zero-order chi connectivity index (χ0) is 18.8. The average Bonchev–Trinajstić information content (AvgIpc) is 2.55. The van der Waals surface area contributed by atoms with Crippen LogP contribution < -0.4 is 0 Å². The van der Waals surface area contributed by atoms with Crippen LogP contribution in [-0.2, 0) is 4.74 Å². The molecule has 1 aliphatic heterocycles. The van der Waals surface area contributed by atoms with Crippen molar-refractivity contribution in [1.82, 2.24) is 0 Å². The van der Waals surface area contributed by atoms with Gasteiger partial charge in [0.1, 0.15) is 23.9 Å². The van der Waals surface area contributed by atoms with Gasteiger partial charge >= 0.3 is 0 Å². The smallest absolute Gasteiger partial charge is 0.126 e. The summed E-state index contributed by atoms with van der Waals surface area (Å²) in [7, 11) is 0. The molecule has 0 aromatic rings. The van der Waals surface area contributed by atoms with E-state index < -0.39 is 42.2 Å². The predicted octanol–water partition coefficient (Wildman–Crippen LogP) is 0.807. The van der Waals surface area contributed by atoms with Crippen molar-refractivity contribution in [3.63, 3.8) is 0 Å². The molecular weight excluding hydrogens is 324 g/mol. The number of ether oxygens (including phenoxy) is 1. The molecule has 1 unspecified atom stereocenters. The maximum Gasteiger partial charge on any atom is 0.126 e. The molecule has 0 saturated carbocycles. The number of fused-ring (bicyclic) bond motifs is 1. The second-order valence-corrected chi connectivity index (χ2v) is 7.74. The van der Waals surface area contributed by atoms with E-state index in [1.54, 1.807) is 19.9 Å². The van der Waals surface area contributed by atoms with Crippen molar-refractivity contribution in [2.75, 3.05) is 6.61 Å². The third-order valence-electron chi connectivity index (χ3n) is 5.46. The summed E-state index contributed by atoms with van der Waals surface area (Å²) in [5, 5.41) is 52.0. The topological polar surface area (TPSA) is 110 Å². The molecule has 6 nitrogen and oxygen atoms in total. The number of hydrogen-bond donors (Lipinski definition) is 5. The lowest BCUT2D eigenvalue weighted by molar-refractivity contribution is -0.277. The Labute approximate surface area is 149 Å². The number of hydrogen-bond acceptors (Lipinski definition) is 6. The van der Waals surface area contributed by atoms with Crippen LogP contribution in [0.5, 0.6) is 0 Å². The van der Waals surface area contributed by atoms with E-state index in [9.17, 15) is 25.5 Å². The fourth-order valence-corrected chi connectivity index (χ4v) is 3.68. The van der Waals surface area contributed by atoms with Gasteiger partial charge in [0.2, 0.25) is 0 Å². The van der Waals surface area contributed by atoms with Crippen molar-refractivity contribution in [2.24, 2.45) is 0 Å². The maximum absolute atomic E-state index is 10.9. The minimum Gasteiger partial charge on any atom is -0.392 e. The van der Waals surface area contributed by atoms with E-state index in [4.69, 9.17) is 4.74 Å². The maximum atomic E-state index is 10.9. The molecule has 1 heterocycles. The first-order chi connectivity index (χ1) is 11.7. The summed E-state index contributed by atoms with van der Waals surface area (Å²) in [5.74, 6) is 0. The second-order valence-electron chi connectivity index (χ2n) is 7.74. The third-order valence-corrected chi connectivity index (χ3v) is 5.46. The van der Waals surface area contributed by atoms with E-state index >= 15 is 0 Å². The van der Waals surface area contributed by atoms with Crippen molar-refractivity contribution in [3.8, 4) is 0 Å². The highest BCUT2D eigenvalue weighted by Crippen LogP contribution is 2.45. The Bertz CT molecular complexity index is 526. The van der Waals surface area contributed by atoms with Gasteiger partial charge in [0.15, 0.2) is 0 Å². The fraction of sp³-hybridized carbons (Fsp3) is 0.789. The Morgan fingerprint density at radius 1 is 1.20 bits per heavy atom. The summed E-state index contributed by atoms with van der Waals surface area (Å²) >= 11 is 0. The Kier molecular flexibility index (Phi) is 6.46. The van der Waals surface area contributed by atoms with E-state index in [0.29, 0.717) is 11.1 Å². The molecule has 5 atom stereocenters. The van der Waals surface area contributed by atoms with Crippen LogP contribution in [0.2, 0.25) is 0 Å². The van der Waals surface area contributed by atoms with Crippen LogP contribution in [0, 0.1) is 0 Å². The Morgan fingerprint density at radius 2 is 1.88 bits per heavy atom. The van der Waals surface area contributed by atoms with Crippen LogP contribution in [0.1, 0.15) is 52.9 Å². The molecule has 0 amide bonds. The predicted molar refractivity (Wildman–Crippen MR) is 93.9 cm³/mol. The minimum atomic E-state index is -1.84. The molecule has 1 fully saturated rings. The molecular formula is C19H32O6. The first-order valence-electron chi connectivity index (χ1n) is 9.13. The molecule has 0 bridgehead atoms. The number of aliphatic hydroxyl groups excluding tert-OH is 4. The number of unbranched alkanes of at least 4 members (excludes halogenated alkanes) is 3. The van der Waals surface area contributed by atoms with E-state index in [2.05, 4.69) is 6.92 Å². The fourth-order valence-electron chi connectivity index (χ4n) is 3.68. The van der Waals surface area contributed by atoms with E-state index in [1.165, 1.54) is 0 Å². The molecule has 0 radical (unpaired) electrons. The highest BCUT2D eigenvalue weighted by Gasteiger charge is 2.60. The van der Waals surface area contributed by atoms with Gasteiger partial charge < -0.3 is 30.3 Å². The molecule has 6 heteroatoms. The summed E-state index contributed by atoms with van der Waals surface area (Å²) in [6.07, 6.45) is 2.72. The van der Waals surface area contributed by atoms with Gasteiger partial charge in [-0.15, -0.1) is 0 Å². The summed E-state index contributed by atoms with van der Waals surface area (Å²) < 4.78 is 5.87. The van der Waals surface area contributed by atoms with Crippen LogP contribution in [0.25, 0.3) is 0 Å². The molecule has 0 spiro atoms. The standard InChI is InChI=1S/C19H32O6/c1-4-5-6-7-8-9-12-13(11-20)17-19(24,16(23)15(12)22)10-14(21)18(2,3)25-17/h8-9,14-17,20-24H,4-7,10-11H2,1-3H3/b9-8+/t14-,15+,16+,17?,19-/m0/s1. The number of rotatable bonds is 6. The van der Waals surface area contributed by atoms with Crippen molar-refractivity contribution in [1.29, 1.82) is 0 Å². The summed E-state index contributed by atoms with van der Waals surface area (Å²) in [4.78, 5) is 0. The van der Waals surface area contributed by atoms with Crippen LogP contribution in [-0.4, -0.2) is 67.8 Å². The highest BCUT2D eigenvalue weighted by atomic mass is 16.5. The summed E-state index contributed by atoms with van der Waals surface area (Å²) in [6, 6.07) is 0. The molecule has 0 aromatic heterocycles. The van der Waals surface area contributed by atoms with Gasteiger partial charge in [-0.3, -0.25) is 0 Å². The zero-order valence-corrected chi connectivity index (χ0v) is 15.4. The average molecular weight is 356 g/mol. The van der Waals surface area contributed by atoms with Crippen LogP contribution in [0.4, 0.5) is 0 Å². The van der Waals surface area contributed by atoms with Gasteiger partial charge in [0.05, 0.1) is 18.3 Å². The van der Waals surface area contributed by atoms with Gasteiger partial charge in [0, 0.05) is 6.42 Å². The third kappa shape index (κ3) is 3.84. The summed E-state index contributed by atoms with van der Waals surface area (Å²) in [6.45, 7) is 5.11. The normalized spacial score (nSPS) is 38.2. The van der Waals surface area contributed by atoms with Crippen LogP contribution in [0.3, 0.4) is 0 Å². The first-order valence-corrected chi connectivity index (χ1v) is 9.13. The van der Waals surface area contributed by atoms with Crippen molar-refractivity contribution in [2.45, 2.75) is 88.5 Å². The van der Waals surface area contributed by atoms with E-state index in [1.807, 2.05) is 6.08 Å². The largest absolute Gasteiger partial charge is 0.392 e. The molecule has 1 saturated heterocycles. The SMILES string of the molecule is CCCCC/C=C/C1=C(CO)C2OC(C)(C)[C@@H](O)C[C@]2(O)[C@H](O)[C@@H]1O. The first kappa shape index (κ1) is 20.6. The van der Waals surface area contributed by atoms with Gasteiger partial charge in [-0.2, -0.15) is 0 Å². The van der Waals surface area contributed by atoms with E-state index in [0.717, 1.165) is 25.7 Å². The number of allylic oxidation sites excluding steroid dienone is 1. The summed E-state index contributed by atoms with van der Waals surface area (Å²) in [5.41, 5.74) is -2.04. The molecule has 5 N–H and O–H groups in total. The van der Waals surface area contributed by atoms with Gasteiger partial charge in [-0.25, -0.2) is 0 Å². The molecule has 1 aliphatic carbocycles. The lowest BCUT2D eigenvalue weighted by Crippen LogP contribution is -2.69. The lowest BCUT2D eigenvalue weighted by atomic mass is 9.68. The molecule has 0 aromatic carbocycles.